The van der Waals surface area contributed by atoms with Gasteiger partial charge >= 0.3 is 5.97 Å². The first-order valence-electron chi connectivity index (χ1n) is 10.2. The summed E-state index contributed by atoms with van der Waals surface area (Å²) in [6, 6.07) is 0. The van der Waals surface area contributed by atoms with E-state index in [1.54, 1.807) is 0 Å². The molecule has 0 spiro atoms. The lowest BCUT2D eigenvalue weighted by molar-refractivity contribution is -0.154. The Kier molecular flexibility index (Phi) is 5.24. The zero-order valence-corrected chi connectivity index (χ0v) is 17.4. The van der Waals surface area contributed by atoms with Crippen LogP contribution in [0.3, 0.4) is 0 Å². The molecule has 0 aliphatic heterocycles. The van der Waals surface area contributed by atoms with Crippen LogP contribution in [0.2, 0.25) is 0 Å². The maximum atomic E-state index is 12.0. The summed E-state index contributed by atoms with van der Waals surface area (Å²) in [5, 5.41) is 4.37. The summed E-state index contributed by atoms with van der Waals surface area (Å²) in [5.74, 6) is 2.91. The van der Waals surface area contributed by atoms with Crippen LogP contribution < -0.4 is 0 Å². The summed E-state index contributed by atoms with van der Waals surface area (Å²) in [6.45, 7) is 12.7. The molecule has 3 rings (SSSR count). The number of nitrogens with zero attached hydrogens (tertiary/aromatic N) is 1. The molecule has 0 unspecified atom stereocenters. The molecule has 0 atom stereocenters. The van der Waals surface area contributed by atoms with Crippen molar-refractivity contribution in [2.45, 2.75) is 104 Å². The van der Waals surface area contributed by atoms with Gasteiger partial charge in [-0.15, -0.1) is 0 Å². The van der Waals surface area contributed by atoms with E-state index in [0.717, 1.165) is 17.4 Å². The Labute approximate surface area is 158 Å². The van der Waals surface area contributed by atoms with Crippen LogP contribution in [-0.2, 0) is 16.0 Å². The number of esters is 1. The van der Waals surface area contributed by atoms with Gasteiger partial charge in [0, 0.05) is 17.9 Å². The molecule has 0 saturated heterocycles. The summed E-state index contributed by atoms with van der Waals surface area (Å²) in [6.07, 6.45) is 7.18. The monoisotopic (exact) mass is 361 g/mol. The van der Waals surface area contributed by atoms with Gasteiger partial charge in [0.25, 0.3) is 0 Å². The molecule has 2 saturated carbocycles. The smallest absolute Gasteiger partial charge is 0.306 e. The fourth-order valence-electron chi connectivity index (χ4n) is 4.22. The van der Waals surface area contributed by atoms with Crippen molar-refractivity contribution in [1.82, 2.24) is 5.16 Å². The highest BCUT2D eigenvalue weighted by atomic mass is 16.6. The number of carbonyl (C=O) groups is 1. The van der Waals surface area contributed by atoms with Crippen molar-refractivity contribution in [2.75, 3.05) is 0 Å². The van der Waals surface area contributed by atoms with E-state index in [1.807, 2.05) is 20.8 Å². The first kappa shape index (κ1) is 19.4. The average molecular weight is 362 g/mol. The minimum Gasteiger partial charge on any atom is -0.460 e. The molecule has 4 nitrogen and oxygen atoms in total. The molecule has 0 radical (unpaired) electrons. The van der Waals surface area contributed by atoms with Crippen LogP contribution in [0.25, 0.3) is 0 Å². The van der Waals surface area contributed by atoms with Crippen molar-refractivity contribution in [1.29, 1.82) is 0 Å². The highest BCUT2D eigenvalue weighted by Crippen LogP contribution is 2.52. The maximum absolute atomic E-state index is 12.0. The van der Waals surface area contributed by atoms with Crippen molar-refractivity contribution in [3.63, 3.8) is 0 Å². The SMILES string of the molecule is CC(C)(C)CC1CC(c2onc(CCC(=O)OC(C)(C)C)c2C2CC2)C1. The number of aromatic nitrogens is 1. The fraction of sp³-hybridized carbons (Fsp3) is 0.818. The fourth-order valence-corrected chi connectivity index (χ4v) is 4.22. The molecule has 1 heterocycles. The minimum atomic E-state index is -0.431. The highest BCUT2D eigenvalue weighted by molar-refractivity contribution is 5.70. The van der Waals surface area contributed by atoms with Crippen LogP contribution in [0.1, 0.15) is 109 Å². The molecule has 0 aromatic carbocycles. The van der Waals surface area contributed by atoms with Crippen LogP contribution in [-0.4, -0.2) is 16.7 Å². The van der Waals surface area contributed by atoms with Gasteiger partial charge in [-0.1, -0.05) is 25.9 Å². The van der Waals surface area contributed by atoms with Crippen LogP contribution in [0, 0.1) is 11.3 Å². The number of aryl methyl sites for hydroxylation is 1. The summed E-state index contributed by atoms with van der Waals surface area (Å²) >= 11 is 0. The lowest BCUT2D eigenvalue weighted by Crippen LogP contribution is -2.26. The van der Waals surface area contributed by atoms with Gasteiger partial charge in [-0.3, -0.25) is 4.79 Å². The first-order valence-corrected chi connectivity index (χ1v) is 10.2. The molecule has 26 heavy (non-hydrogen) atoms. The van der Waals surface area contributed by atoms with Gasteiger partial charge in [-0.05, 0) is 70.1 Å². The zero-order valence-electron chi connectivity index (χ0n) is 17.4. The van der Waals surface area contributed by atoms with Gasteiger partial charge in [-0.2, -0.15) is 0 Å². The maximum Gasteiger partial charge on any atom is 0.306 e. The second-order valence-electron chi connectivity index (χ2n) is 10.6. The molecule has 0 bridgehead atoms. The van der Waals surface area contributed by atoms with E-state index in [0.29, 0.717) is 30.1 Å². The third-order valence-electron chi connectivity index (χ3n) is 5.31. The molecule has 0 N–H and O–H groups in total. The van der Waals surface area contributed by atoms with Gasteiger partial charge in [0.1, 0.15) is 11.4 Å². The summed E-state index contributed by atoms with van der Waals surface area (Å²) < 4.78 is 11.2. The minimum absolute atomic E-state index is 0.155. The van der Waals surface area contributed by atoms with Gasteiger partial charge < -0.3 is 9.26 Å². The van der Waals surface area contributed by atoms with E-state index in [-0.39, 0.29) is 5.97 Å². The Balaban J connectivity index is 1.60. The van der Waals surface area contributed by atoms with Gasteiger partial charge in [0.15, 0.2) is 0 Å². The third-order valence-corrected chi connectivity index (χ3v) is 5.31. The lowest BCUT2D eigenvalue weighted by atomic mass is 9.67. The number of hydrogen-bond donors (Lipinski definition) is 0. The van der Waals surface area contributed by atoms with E-state index in [4.69, 9.17) is 9.26 Å². The van der Waals surface area contributed by atoms with Crippen LogP contribution in [0.4, 0.5) is 0 Å². The van der Waals surface area contributed by atoms with Crippen molar-refractivity contribution in [2.24, 2.45) is 11.3 Å². The molecule has 1 aromatic heterocycles. The molecule has 0 amide bonds. The molecule has 146 valence electrons. The van der Waals surface area contributed by atoms with E-state index in [9.17, 15) is 4.79 Å². The molecule has 2 aliphatic rings. The third kappa shape index (κ3) is 5.11. The van der Waals surface area contributed by atoms with E-state index in [1.165, 1.54) is 37.7 Å². The van der Waals surface area contributed by atoms with E-state index in [2.05, 4.69) is 25.9 Å². The average Bonchev–Trinajstić information content (AvgIpc) is 3.18. The highest BCUT2D eigenvalue weighted by Gasteiger charge is 2.41. The Morgan fingerprint density at radius 3 is 2.31 bits per heavy atom. The number of ether oxygens (including phenoxy) is 1. The molecule has 4 heteroatoms. The quantitative estimate of drug-likeness (QED) is 0.605. The molecule has 2 fully saturated rings. The second kappa shape index (κ2) is 7.01. The Hall–Kier alpha value is -1.32. The standard InChI is InChI=1S/C22H35NO3/c1-21(2,3)13-14-11-16(12-14)20-19(15-7-8-15)17(23-26-20)9-10-18(24)25-22(4,5)6/h14-16H,7-13H2,1-6H3. The van der Waals surface area contributed by atoms with Crippen LogP contribution in [0.5, 0.6) is 0 Å². The molecule has 1 aromatic rings. The van der Waals surface area contributed by atoms with Crippen molar-refractivity contribution >= 4 is 5.97 Å². The lowest BCUT2D eigenvalue weighted by Gasteiger charge is -2.38. The zero-order chi connectivity index (χ0) is 19.1. The van der Waals surface area contributed by atoms with E-state index < -0.39 is 5.60 Å². The predicted octanol–water partition coefficient (Wildman–Crippen LogP) is 5.76. The van der Waals surface area contributed by atoms with Crippen LogP contribution >= 0.6 is 0 Å². The van der Waals surface area contributed by atoms with Crippen molar-refractivity contribution in [3.8, 4) is 0 Å². The van der Waals surface area contributed by atoms with E-state index >= 15 is 0 Å². The topological polar surface area (TPSA) is 52.3 Å². The summed E-state index contributed by atoms with van der Waals surface area (Å²) in [5.41, 5.74) is 2.29. The van der Waals surface area contributed by atoms with Gasteiger partial charge in [-0.25, -0.2) is 0 Å². The number of rotatable bonds is 6. The molecular formula is C22H35NO3. The van der Waals surface area contributed by atoms with Crippen molar-refractivity contribution < 1.29 is 14.1 Å². The summed E-state index contributed by atoms with van der Waals surface area (Å²) in [4.78, 5) is 12.0. The Bertz CT molecular complexity index is 637. The predicted molar refractivity (Wildman–Crippen MR) is 102 cm³/mol. The van der Waals surface area contributed by atoms with Gasteiger partial charge in [0.05, 0.1) is 12.1 Å². The molecule has 2 aliphatic carbocycles. The Morgan fingerprint density at radius 1 is 1.12 bits per heavy atom. The Morgan fingerprint density at radius 2 is 1.77 bits per heavy atom. The first-order chi connectivity index (χ1) is 12.0. The van der Waals surface area contributed by atoms with Crippen molar-refractivity contribution in [3.05, 3.63) is 17.0 Å². The van der Waals surface area contributed by atoms with Gasteiger partial charge in [0.2, 0.25) is 0 Å². The number of hydrogen-bond acceptors (Lipinski definition) is 4. The summed E-state index contributed by atoms with van der Waals surface area (Å²) in [7, 11) is 0. The number of carbonyl (C=O) groups excluding carboxylic acids is 1. The largest absolute Gasteiger partial charge is 0.460 e. The molecular weight excluding hydrogens is 326 g/mol. The second-order valence-corrected chi connectivity index (χ2v) is 10.6. The normalized spacial score (nSPS) is 23.6. The van der Waals surface area contributed by atoms with Crippen LogP contribution in [0.15, 0.2) is 4.52 Å².